The maximum Gasteiger partial charge on any atom is 0.274 e. The summed E-state index contributed by atoms with van der Waals surface area (Å²) in [6.45, 7) is 7.06. The van der Waals surface area contributed by atoms with E-state index in [1.165, 1.54) is 6.42 Å². The van der Waals surface area contributed by atoms with Crippen molar-refractivity contribution < 1.29 is 4.79 Å². The molecule has 5 nitrogen and oxygen atoms in total. The summed E-state index contributed by atoms with van der Waals surface area (Å²) in [6.07, 6.45) is 6.11. The Kier molecular flexibility index (Phi) is 5.15. The Labute approximate surface area is 127 Å². The van der Waals surface area contributed by atoms with Crippen LogP contribution in [0.4, 0.5) is 5.69 Å². The van der Waals surface area contributed by atoms with E-state index in [2.05, 4.69) is 22.2 Å². The van der Waals surface area contributed by atoms with Crippen LogP contribution in [-0.2, 0) is 0 Å². The van der Waals surface area contributed by atoms with Crippen LogP contribution in [0.1, 0.15) is 68.7 Å². The highest BCUT2D eigenvalue weighted by Gasteiger charge is 2.29. The number of aromatic nitrogens is 2. The largest absolute Gasteiger partial charge is 0.385 e. The van der Waals surface area contributed by atoms with E-state index in [9.17, 15) is 4.79 Å². The van der Waals surface area contributed by atoms with E-state index in [1.807, 2.05) is 18.7 Å². The molecule has 1 N–H and O–H groups in total. The summed E-state index contributed by atoms with van der Waals surface area (Å²) in [5.74, 6) is 0.975. The van der Waals surface area contributed by atoms with Crippen molar-refractivity contribution in [3.05, 3.63) is 17.7 Å². The summed E-state index contributed by atoms with van der Waals surface area (Å²) in [5.41, 5.74) is 1.22. The molecular formula is C16H26N4O. The van der Waals surface area contributed by atoms with Gasteiger partial charge in [0.05, 0.1) is 11.9 Å². The van der Waals surface area contributed by atoms with Crippen molar-refractivity contribution in [1.29, 1.82) is 0 Å². The third-order valence-electron chi connectivity index (χ3n) is 4.15. The molecule has 5 heteroatoms. The summed E-state index contributed by atoms with van der Waals surface area (Å²) in [4.78, 5) is 23.8. The Hall–Kier alpha value is -1.65. The summed E-state index contributed by atoms with van der Waals surface area (Å²) < 4.78 is 0. The fourth-order valence-electron chi connectivity index (χ4n) is 2.85. The lowest BCUT2D eigenvalue weighted by atomic mass is 9.99. The van der Waals surface area contributed by atoms with Crippen LogP contribution in [0.2, 0.25) is 0 Å². The molecule has 1 aromatic heterocycles. The van der Waals surface area contributed by atoms with Crippen molar-refractivity contribution in [3.8, 4) is 0 Å². The molecule has 21 heavy (non-hydrogen) atoms. The molecule has 1 aliphatic heterocycles. The third kappa shape index (κ3) is 3.34. The predicted octanol–water partition coefficient (Wildman–Crippen LogP) is 3.05. The number of hydrogen-bond donors (Lipinski definition) is 1. The Balaban J connectivity index is 2.34. The first-order chi connectivity index (χ1) is 10.1. The molecule has 0 radical (unpaired) electrons. The summed E-state index contributed by atoms with van der Waals surface area (Å²) in [5, 5.41) is 3.04. The van der Waals surface area contributed by atoms with Crippen LogP contribution in [-0.4, -0.2) is 40.4 Å². The molecule has 1 unspecified atom stereocenters. The van der Waals surface area contributed by atoms with Crippen LogP contribution in [0.15, 0.2) is 6.20 Å². The quantitative estimate of drug-likeness (QED) is 0.926. The van der Waals surface area contributed by atoms with Gasteiger partial charge < -0.3 is 10.2 Å². The number of carbonyl (C=O) groups is 1. The van der Waals surface area contributed by atoms with Gasteiger partial charge in [0.15, 0.2) is 5.69 Å². The van der Waals surface area contributed by atoms with E-state index in [1.54, 1.807) is 13.2 Å². The Morgan fingerprint density at radius 1 is 1.48 bits per heavy atom. The zero-order valence-electron chi connectivity index (χ0n) is 13.5. The Morgan fingerprint density at radius 3 is 2.86 bits per heavy atom. The molecule has 0 bridgehead atoms. The first kappa shape index (κ1) is 15.7. The van der Waals surface area contributed by atoms with E-state index in [-0.39, 0.29) is 11.8 Å². The zero-order valence-corrected chi connectivity index (χ0v) is 13.5. The van der Waals surface area contributed by atoms with Gasteiger partial charge in [0.25, 0.3) is 5.91 Å². The van der Waals surface area contributed by atoms with Gasteiger partial charge in [-0.25, -0.2) is 9.97 Å². The van der Waals surface area contributed by atoms with Gasteiger partial charge >= 0.3 is 0 Å². The molecule has 116 valence electrons. The van der Waals surface area contributed by atoms with Gasteiger partial charge in [-0.2, -0.15) is 0 Å². The van der Waals surface area contributed by atoms with Crippen LogP contribution in [0.25, 0.3) is 0 Å². The molecule has 1 saturated heterocycles. The zero-order chi connectivity index (χ0) is 15.4. The number of nitrogens with zero attached hydrogens (tertiary/aromatic N) is 3. The Morgan fingerprint density at radius 2 is 2.24 bits per heavy atom. The van der Waals surface area contributed by atoms with Crippen LogP contribution < -0.4 is 5.32 Å². The van der Waals surface area contributed by atoms with Crippen molar-refractivity contribution >= 4 is 11.6 Å². The van der Waals surface area contributed by atoms with Gasteiger partial charge in [-0.05, 0) is 25.7 Å². The molecule has 1 fully saturated rings. The van der Waals surface area contributed by atoms with Crippen molar-refractivity contribution in [2.75, 3.05) is 18.9 Å². The minimum absolute atomic E-state index is 0.0372. The van der Waals surface area contributed by atoms with E-state index < -0.39 is 0 Å². The summed E-state index contributed by atoms with van der Waals surface area (Å²) >= 11 is 0. The second kappa shape index (κ2) is 6.87. The lowest BCUT2D eigenvalue weighted by molar-refractivity contribution is 0.0602. The molecule has 1 aliphatic rings. The highest BCUT2D eigenvalue weighted by molar-refractivity contribution is 5.97. The number of rotatable bonds is 4. The average Bonchev–Trinajstić information content (AvgIpc) is 2.53. The lowest BCUT2D eigenvalue weighted by Crippen LogP contribution is -2.44. The maximum absolute atomic E-state index is 12.9. The van der Waals surface area contributed by atoms with Crippen molar-refractivity contribution in [1.82, 2.24) is 14.9 Å². The number of piperidine rings is 1. The molecule has 0 aromatic carbocycles. The molecule has 0 spiro atoms. The topological polar surface area (TPSA) is 58.1 Å². The van der Waals surface area contributed by atoms with Gasteiger partial charge in [-0.3, -0.25) is 4.79 Å². The molecule has 2 rings (SSSR count). The molecule has 2 heterocycles. The molecule has 0 saturated carbocycles. The van der Waals surface area contributed by atoms with Crippen molar-refractivity contribution in [3.63, 3.8) is 0 Å². The number of amides is 1. The van der Waals surface area contributed by atoms with Crippen LogP contribution in [0, 0.1) is 0 Å². The van der Waals surface area contributed by atoms with Crippen LogP contribution in [0.3, 0.4) is 0 Å². The first-order valence-electron chi connectivity index (χ1n) is 7.94. The van der Waals surface area contributed by atoms with Gasteiger partial charge in [-0.1, -0.05) is 20.8 Å². The highest BCUT2D eigenvalue weighted by atomic mass is 16.2. The smallest absolute Gasteiger partial charge is 0.274 e. The minimum Gasteiger partial charge on any atom is -0.385 e. The molecule has 0 aliphatic carbocycles. The summed E-state index contributed by atoms with van der Waals surface area (Å²) in [7, 11) is 1.80. The summed E-state index contributed by atoms with van der Waals surface area (Å²) in [6, 6.07) is 0.341. The number of nitrogens with one attached hydrogen (secondary N) is 1. The SMILES string of the molecule is CCC1CCCCN1C(=O)c1nc(C(C)C)ncc1NC. The lowest BCUT2D eigenvalue weighted by Gasteiger charge is -2.35. The number of hydrogen-bond acceptors (Lipinski definition) is 4. The average molecular weight is 290 g/mol. The number of anilines is 1. The number of likely N-dealkylation sites (tertiary alicyclic amines) is 1. The van der Waals surface area contributed by atoms with E-state index in [4.69, 9.17) is 0 Å². The first-order valence-corrected chi connectivity index (χ1v) is 7.94. The predicted molar refractivity (Wildman–Crippen MR) is 84.6 cm³/mol. The van der Waals surface area contributed by atoms with Gasteiger partial charge in [0.2, 0.25) is 0 Å². The van der Waals surface area contributed by atoms with Gasteiger partial charge in [-0.15, -0.1) is 0 Å². The number of carbonyl (C=O) groups excluding carboxylic acids is 1. The third-order valence-corrected chi connectivity index (χ3v) is 4.15. The molecule has 1 atom stereocenters. The van der Waals surface area contributed by atoms with E-state index >= 15 is 0 Å². The van der Waals surface area contributed by atoms with E-state index in [0.717, 1.165) is 31.6 Å². The normalized spacial score (nSPS) is 18.9. The van der Waals surface area contributed by atoms with Gasteiger partial charge in [0, 0.05) is 25.6 Å². The minimum atomic E-state index is 0.0372. The monoisotopic (exact) mass is 290 g/mol. The fourth-order valence-corrected chi connectivity index (χ4v) is 2.85. The highest BCUT2D eigenvalue weighted by Crippen LogP contribution is 2.24. The Bertz CT molecular complexity index is 501. The molecular weight excluding hydrogens is 264 g/mol. The molecule has 1 amide bonds. The second-order valence-corrected chi connectivity index (χ2v) is 5.95. The standard InChI is InChI=1S/C16H26N4O/c1-5-12-8-6-7-9-20(12)16(21)14-13(17-4)10-18-15(19-14)11(2)3/h10-12,17H,5-9H2,1-4H3. The van der Waals surface area contributed by atoms with Crippen LogP contribution in [0.5, 0.6) is 0 Å². The van der Waals surface area contributed by atoms with Crippen molar-refractivity contribution in [2.45, 2.75) is 58.4 Å². The van der Waals surface area contributed by atoms with Gasteiger partial charge in [0.1, 0.15) is 5.82 Å². The maximum atomic E-state index is 12.9. The van der Waals surface area contributed by atoms with Crippen LogP contribution >= 0.6 is 0 Å². The molecule has 1 aromatic rings. The fraction of sp³-hybridized carbons (Fsp3) is 0.688. The van der Waals surface area contributed by atoms with E-state index in [0.29, 0.717) is 17.4 Å². The second-order valence-electron chi connectivity index (χ2n) is 5.95. The van der Waals surface area contributed by atoms with Crippen molar-refractivity contribution in [2.24, 2.45) is 0 Å².